The van der Waals surface area contributed by atoms with Gasteiger partial charge in [0, 0.05) is 6.21 Å². The third-order valence-corrected chi connectivity index (χ3v) is 1.68. The Morgan fingerprint density at radius 2 is 1.79 bits per heavy atom. The first-order valence-electron chi connectivity index (χ1n) is 4.12. The SMILES string of the molecule is C(=Nc1ccccc1)c1ccc[n-]1.[Cu+]. The summed E-state index contributed by atoms with van der Waals surface area (Å²) in [5, 5.41) is 0. The summed E-state index contributed by atoms with van der Waals surface area (Å²) in [6.07, 6.45) is 3.52. The summed E-state index contributed by atoms with van der Waals surface area (Å²) < 4.78 is 0. The molecule has 0 saturated carbocycles. The standard InChI is InChI=1S/C11H9N2.Cu/c1-2-5-10(6-3-1)13-9-11-7-4-8-12-11;/h1-9H;/q-1;+1. The number of hydrogen-bond acceptors (Lipinski definition) is 1. The van der Waals surface area contributed by atoms with Gasteiger partial charge in [-0.1, -0.05) is 30.3 Å². The molecule has 3 heteroatoms. The van der Waals surface area contributed by atoms with Crippen molar-refractivity contribution in [3.63, 3.8) is 0 Å². The summed E-state index contributed by atoms with van der Waals surface area (Å²) in [7, 11) is 0. The molecule has 0 radical (unpaired) electrons. The Morgan fingerprint density at radius 3 is 2.43 bits per heavy atom. The van der Waals surface area contributed by atoms with Gasteiger partial charge in [0.15, 0.2) is 0 Å². The molecule has 2 aromatic rings. The van der Waals surface area contributed by atoms with E-state index >= 15 is 0 Å². The number of nitrogens with zero attached hydrogens (tertiary/aromatic N) is 2. The average molecular weight is 233 g/mol. The van der Waals surface area contributed by atoms with Crippen molar-refractivity contribution in [1.29, 1.82) is 0 Å². The average Bonchev–Trinajstić information content (AvgIpc) is 2.69. The van der Waals surface area contributed by atoms with E-state index in [4.69, 9.17) is 0 Å². The quantitative estimate of drug-likeness (QED) is 0.577. The number of aromatic nitrogens is 1. The van der Waals surface area contributed by atoms with Gasteiger partial charge in [-0.25, -0.2) is 0 Å². The molecule has 14 heavy (non-hydrogen) atoms. The van der Waals surface area contributed by atoms with Crippen LogP contribution >= 0.6 is 0 Å². The second kappa shape index (κ2) is 5.43. The summed E-state index contributed by atoms with van der Waals surface area (Å²) in [5.41, 5.74) is 1.84. The smallest absolute Gasteiger partial charge is 0.663 e. The van der Waals surface area contributed by atoms with E-state index in [0.717, 1.165) is 11.4 Å². The number of benzene rings is 1. The van der Waals surface area contributed by atoms with Gasteiger partial charge in [-0.3, -0.25) is 4.99 Å². The van der Waals surface area contributed by atoms with Crippen molar-refractivity contribution in [2.24, 2.45) is 4.99 Å². The molecule has 0 bridgehead atoms. The molecule has 0 aliphatic heterocycles. The van der Waals surface area contributed by atoms with E-state index in [1.54, 1.807) is 12.4 Å². The Balaban J connectivity index is 0.000000980. The maximum absolute atomic E-state index is 4.26. The molecule has 0 amide bonds. The zero-order valence-electron chi connectivity index (χ0n) is 7.39. The van der Waals surface area contributed by atoms with Gasteiger partial charge in [-0.05, 0) is 12.1 Å². The molecule has 0 aliphatic rings. The fourth-order valence-corrected chi connectivity index (χ4v) is 1.04. The normalized spacial score (nSPS) is 10.0. The molecule has 1 heterocycles. The van der Waals surface area contributed by atoms with E-state index in [9.17, 15) is 0 Å². The molecule has 0 N–H and O–H groups in total. The third kappa shape index (κ3) is 2.87. The van der Waals surface area contributed by atoms with Crippen molar-refractivity contribution in [2.45, 2.75) is 0 Å². The second-order valence-electron chi connectivity index (χ2n) is 2.66. The minimum absolute atomic E-state index is 0. The van der Waals surface area contributed by atoms with Crippen LogP contribution in [0.15, 0.2) is 53.7 Å². The minimum atomic E-state index is 0. The molecule has 0 spiro atoms. The first-order valence-corrected chi connectivity index (χ1v) is 4.12. The third-order valence-electron chi connectivity index (χ3n) is 1.68. The van der Waals surface area contributed by atoms with Gasteiger partial charge in [-0.2, -0.15) is 6.20 Å². The van der Waals surface area contributed by atoms with Crippen LogP contribution in [-0.2, 0) is 17.1 Å². The van der Waals surface area contributed by atoms with E-state index in [1.807, 2.05) is 42.5 Å². The Hall–Kier alpha value is -1.31. The predicted octanol–water partition coefficient (Wildman–Crippen LogP) is 2.39. The maximum Gasteiger partial charge on any atom is 1.00 e. The first-order chi connectivity index (χ1) is 6.45. The van der Waals surface area contributed by atoms with Crippen molar-refractivity contribution < 1.29 is 17.1 Å². The van der Waals surface area contributed by atoms with Crippen LogP contribution in [0.1, 0.15) is 5.69 Å². The van der Waals surface area contributed by atoms with Crippen LogP contribution in [0.5, 0.6) is 0 Å². The van der Waals surface area contributed by atoms with E-state index in [0.29, 0.717) is 0 Å². The number of aliphatic imine (C=N–C) groups is 1. The van der Waals surface area contributed by atoms with Gasteiger partial charge >= 0.3 is 17.1 Å². The summed E-state index contributed by atoms with van der Waals surface area (Å²) in [6.45, 7) is 0. The van der Waals surface area contributed by atoms with Crippen LogP contribution < -0.4 is 4.98 Å². The Bertz CT molecular complexity index is 379. The van der Waals surface area contributed by atoms with Gasteiger partial charge < -0.3 is 4.98 Å². The van der Waals surface area contributed by atoms with Crippen LogP contribution in [0, 0.1) is 0 Å². The molecule has 2 rings (SSSR count). The monoisotopic (exact) mass is 232 g/mol. The molecule has 0 atom stereocenters. The molecule has 0 aliphatic carbocycles. The number of rotatable bonds is 2. The summed E-state index contributed by atoms with van der Waals surface area (Å²) in [4.78, 5) is 8.34. The Kier molecular flexibility index (Phi) is 4.17. The zero-order valence-corrected chi connectivity index (χ0v) is 8.33. The zero-order chi connectivity index (χ0) is 8.93. The van der Waals surface area contributed by atoms with E-state index in [1.165, 1.54) is 0 Å². The van der Waals surface area contributed by atoms with Crippen LogP contribution in [0.3, 0.4) is 0 Å². The fraction of sp³-hybridized carbons (Fsp3) is 0. The van der Waals surface area contributed by atoms with Gasteiger partial charge in [0.05, 0.1) is 5.69 Å². The fourth-order valence-electron chi connectivity index (χ4n) is 1.04. The molecule has 74 valence electrons. The summed E-state index contributed by atoms with van der Waals surface area (Å²) in [5.74, 6) is 0. The van der Waals surface area contributed by atoms with Crippen molar-refractivity contribution in [2.75, 3.05) is 0 Å². The van der Waals surface area contributed by atoms with Gasteiger partial charge in [0.2, 0.25) is 0 Å². The molecule has 2 nitrogen and oxygen atoms in total. The Morgan fingerprint density at radius 1 is 1.00 bits per heavy atom. The number of para-hydroxylation sites is 1. The van der Waals surface area contributed by atoms with Crippen LogP contribution in [0.25, 0.3) is 0 Å². The maximum atomic E-state index is 4.26. The van der Waals surface area contributed by atoms with Gasteiger partial charge in [0.25, 0.3) is 0 Å². The largest absolute Gasteiger partial charge is 1.00 e. The second-order valence-corrected chi connectivity index (χ2v) is 2.66. The van der Waals surface area contributed by atoms with Crippen LogP contribution in [-0.4, -0.2) is 6.21 Å². The summed E-state index contributed by atoms with van der Waals surface area (Å²) in [6, 6.07) is 13.6. The molecule has 1 aromatic heterocycles. The van der Waals surface area contributed by atoms with Crippen molar-refractivity contribution >= 4 is 11.9 Å². The van der Waals surface area contributed by atoms with Gasteiger partial charge in [-0.15, -0.1) is 5.69 Å². The molecule has 1 aromatic carbocycles. The molecule has 0 saturated heterocycles. The van der Waals surface area contributed by atoms with Crippen molar-refractivity contribution in [3.8, 4) is 0 Å². The predicted molar refractivity (Wildman–Crippen MR) is 53.5 cm³/mol. The van der Waals surface area contributed by atoms with E-state index < -0.39 is 0 Å². The topological polar surface area (TPSA) is 26.5 Å². The van der Waals surface area contributed by atoms with Gasteiger partial charge in [0.1, 0.15) is 0 Å². The molecule has 0 fully saturated rings. The van der Waals surface area contributed by atoms with Crippen molar-refractivity contribution in [3.05, 3.63) is 54.4 Å². The number of hydrogen-bond donors (Lipinski definition) is 0. The molecular weight excluding hydrogens is 224 g/mol. The Labute approximate surface area is 93.6 Å². The molecular formula is C11H9CuN2. The first kappa shape index (κ1) is 10.8. The summed E-state index contributed by atoms with van der Waals surface area (Å²) >= 11 is 0. The van der Waals surface area contributed by atoms with Crippen LogP contribution in [0.4, 0.5) is 5.69 Å². The minimum Gasteiger partial charge on any atom is -0.663 e. The van der Waals surface area contributed by atoms with Crippen LogP contribution in [0.2, 0.25) is 0 Å². The van der Waals surface area contributed by atoms with E-state index in [2.05, 4.69) is 9.98 Å². The van der Waals surface area contributed by atoms with Crippen molar-refractivity contribution in [1.82, 2.24) is 4.98 Å². The molecule has 0 unspecified atom stereocenters. The van der Waals surface area contributed by atoms with E-state index in [-0.39, 0.29) is 17.1 Å².